The highest BCUT2D eigenvalue weighted by molar-refractivity contribution is 5.86. The SMILES string of the molecule is CCC(C)[C@H](NC(=O)[C@@H](N)CC)C(=O)O. The van der Waals surface area contributed by atoms with Crippen LogP contribution in [0.4, 0.5) is 0 Å². The number of hydrogen-bond acceptors (Lipinski definition) is 3. The van der Waals surface area contributed by atoms with E-state index in [9.17, 15) is 9.59 Å². The number of aliphatic carboxylic acids is 1. The highest BCUT2D eigenvalue weighted by Crippen LogP contribution is 2.08. The lowest BCUT2D eigenvalue weighted by Crippen LogP contribution is -2.50. The molecule has 0 saturated carbocycles. The molecule has 0 fully saturated rings. The van der Waals surface area contributed by atoms with Gasteiger partial charge in [-0.25, -0.2) is 4.79 Å². The lowest BCUT2D eigenvalue weighted by Gasteiger charge is -2.21. The quantitative estimate of drug-likeness (QED) is 0.597. The molecule has 88 valence electrons. The van der Waals surface area contributed by atoms with Crippen LogP contribution in [0.5, 0.6) is 0 Å². The van der Waals surface area contributed by atoms with Gasteiger partial charge in [0.15, 0.2) is 0 Å². The van der Waals surface area contributed by atoms with Crippen molar-refractivity contribution >= 4 is 11.9 Å². The van der Waals surface area contributed by atoms with Crippen molar-refractivity contribution in [1.29, 1.82) is 0 Å². The van der Waals surface area contributed by atoms with Gasteiger partial charge in [0.1, 0.15) is 6.04 Å². The first-order valence-electron chi connectivity index (χ1n) is 5.22. The summed E-state index contributed by atoms with van der Waals surface area (Å²) in [5, 5.41) is 11.4. The van der Waals surface area contributed by atoms with Crippen LogP contribution in [-0.2, 0) is 9.59 Å². The van der Waals surface area contributed by atoms with Crippen LogP contribution in [0, 0.1) is 5.92 Å². The molecule has 0 aromatic rings. The summed E-state index contributed by atoms with van der Waals surface area (Å²) in [6.07, 6.45) is 1.19. The molecule has 0 aliphatic carbocycles. The van der Waals surface area contributed by atoms with E-state index in [4.69, 9.17) is 10.8 Å². The highest BCUT2D eigenvalue weighted by atomic mass is 16.4. The maximum Gasteiger partial charge on any atom is 0.326 e. The number of carboxylic acid groups (broad SMARTS) is 1. The van der Waals surface area contributed by atoms with Crippen LogP contribution in [0.1, 0.15) is 33.6 Å². The predicted molar refractivity (Wildman–Crippen MR) is 57.3 cm³/mol. The van der Waals surface area contributed by atoms with Crippen LogP contribution in [0.15, 0.2) is 0 Å². The summed E-state index contributed by atoms with van der Waals surface area (Å²) in [5.74, 6) is -1.51. The van der Waals surface area contributed by atoms with Crippen LogP contribution < -0.4 is 11.1 Å². The number of rotatable bonds is 6. The first-order chi connectivity index (χ1) is 6.93. The highest BCUT2D eigenvalue weighted by Gasteiger charge is 2.26. The molecular formula is C10H20N2O3. The van der Waals surface area contributed by atoms with Crippen molar-refractivity contribution in [3.05, 3.63) is 0 Å². The van der Waals surface area contributed by atoms with Crippen molar-refractivity contribution < 1.29 is 14.7 Å². The molecule has 0 aromatic heterocycles. The third-order valence-electron chi connectivity index (χ3n) is 2.55. The minimum absolute atomic E-state index is 0.101. The second kappa shape index (κ2) is 6.40. The second-order valence-electron chi connectivity index (χ2n) is 3.72. The number of hydrogen-bond donors (Lipinski definition) is 3. The Balaban J connectivity index is 4.42. The van der Waals surface area contributed by atoms with Crippen LogP contribution in [-0.4, -0.2) is 29.1 Å². The van der Waals surface area contributed by atoms with Crippen molar-refractivity contribution in [1.82, 2.24) is 5.32 Å². The average Bonchev–Trinajstić information content (AvgIpc) is 2.22. The van der Waals surface area contributed by atoms with Gasteiger partial charge in [0.25, 0.3) is 0 Å². The largest absolute Gasteiger partial charge is 0.480 e. The van der Waals surface area contributed by atoms with Crippen molar-refractivity contribution in [2.75, 3.05) is 0 Å². The van der Waals surface area contributed by atoms with Crippen LogP contribution in [0.2, 0.25) is 0 Å². The van der Waals surface area contributed by atoms with Gasteiger partial charge in [0, 0.05) is 0 Å². The Bertz CT molecular complexity index is 231. The lowest BCUT2D eigenvalue weighted by molar-refractivity contribution is -0.143. The summed E-state index contributed by atoms with van der Waals surface area (Å²) in [5.41, 5.74) is 5.50. The fourth-order valence-corrected chi connectivity index (χ4v) is 1.13. The third kappa shape index (κ3) is 4.29. The molecule has 0 aliphatic rings. The molecule has 0 rings (SSSR count). The number of carboxylic acids is 1. The van der Waals surface area contributed by atoms with E-state index in [-0.39, 0.29) is 5.92 Å². The Morgan fingerprint density at radius 2 is 1.87 bits per heavy atom. The number of nitrogens with two attached hydrogens (primary N) is 1. The minimum atomic E-state index is -1.01. The third-order valence-corrected chi connectivity index (χ3v) is 2.55. The summed E-state index contributed by atoms with van der Waals surface area (Å²) < 4.78 is 0. The summed E-state index contributed by atoms with van der Waals surface area (Å²) in [7, 11) is 0. The standard InChI is InChI=1S/C10H20N2O3/c1-4-6(3)8(10(14)15)12-9(13)7(11)5-2/h6-8H,4-5,11H2,1-3H3,(H,12,13)(H,14,15)/t6?,7-,8-/m0/s1. The first kappa shape index (κ1) is 13.9. The Morgan fingerprint density at radius 1 is 1.33 bits per heavy atom. The Kier molecular flexibility index (Phi) is 5.93. The predicted octanol–water partition coefficient (Wildman–Crippen LogP) is 0.339. The molecule has 5 heteroatoms. The van der Waals surface area contributed by atoms with E-state index in [0.29, 0.717) is 12.8 Å². The van der Waals surface area contributed by atoms with Gasteiger partial charge in [-0.3, -0.25) is 4.79 Å². The molecule has 1 amide bonds. The first-order valence-corrected chi connectivity index (χ1v) is 5.22. The number of carbonyl (C=O) groups is 2. The monoisotopic (exact) mass is 216 g/mol. The molecule has 3 atom stereocenters. The summed E-state index contributed by atoms with van der Waals surface area (Å²) >= 11 is 0. The van der Waals surface area contributed by atoms with E-state index < -0.39 is 24.0 Å². The Labute approximate surface area is 90.0 Å². The zero-order valence-corrected chi connectivity index (χ0v) is 9.49. The van der Waals surface area contributed by atoms with Gasteiger partial charge in [-0.05, 0) is 12.3 Å². The van der Waals surface area contributed by atoms with Gasteiger partial charge in [-0.15, -0.1) is 0 Å². The van der Waals surface area contributed by atoms with E-state index in [1.165, 1.54) is 0 Å². The molecule has 0 aromatic carbocycles. The fourth-order valence-electron chi connectivity index (χ4n) is 1.13. The zero-order chi connectivity index (χ0) is 12.0. The van der Waals surface area contributed by atoms with Crippen LogP contribution >= 0.6 is 0 Å². The van der Waals surface area contributed by atoms with Crippen molar-refractivity contribution in [3.8, 4) is 0 Å². The van der Waals surface area contributed by atoms with Crippen LogP contribution in [0.3, 0.4) is 0 Å². The maximum absolute atomic E-state index is 11.4. The molecule has 0 radical (unpaired) electrons. The summed E-state index contributed by atoms with van der Waals surface area (Å²) in [6, 6.07) is -1.48. The molecule has 15 heavy (non-hydrogen) atoms. The molecule has 0 aliphatic heterocycles. The topological polar surface area (TPSA) is 92.4 Å². The fraction of sp³-hybridized carbons (Fsp3) is 0.800. The number of carbonyl (C=O) groups excluding carboxylic acids is 1. The van der Waals surface area contributed by atoms with Crippen molar-refractivity contribution in [2.24, 2.45) is 11.7 Å². The molecule has 0 heterocycles. The van der Waals surface area contributed by atoms with Gasteiger partial charge in [0.2, 0.25) is 5.91 Å². The maximum atomic E-state index is 11.4. The molecule has 1 unspecified atom stereocenters. The van der Waals surface area contributed by atoms with Gasteiger partial charge < -0.3 is 16.2 Å². The molecule has 4 N–H and O–H groups in total. The normalized spacial score (nSPS) is 16.5. The van der Waals surface area contributed by atoms with E-state index in [0.717, 1.165) is 0 Å². The average molecular weight is 216 g/mol. The van der Waals surface area contributed by atoms with E-state index in [1.807, 2.05) is 6.92 Å². The van der Waals surface area contributed by atoms with Gasteiger partial charge >= 0.3 is 5.97 Å². The molecule has 5 nitrogen and oxygen atoms in total. The molecule has 0 saturated heterocycles. The molecular weight excluding hydrogens is 196 g/mol. The van der Waals surface area contributed by atoms with Crippen molar-refractivity contribution in [3.63, 3.8) is 0 Å². The molecule has 0 bridgehead atoms. The van der Waals surface area contributed by atoms with E-state index >= 15 is 0 Å². The number of nitrogens with one attached hydrogen (secondary N) is 1. The van der Waals surface area contributed by atoms with Gasteiger partial charge in [-0.1, -0.05) is 27.2 Å². The smallest absolute Gasteiger partial charge is 0.326 e. The minimum Gasteiger partial charge on any atom is -0.480 e. The van der Waals surface area contributed by atoms with Crippen molar-refractivity contribution in [2.45, 2.75) is 45.7 Å². The number of amides is 1. The van der Waals surface area contributed by atoms with Crippen LogP contribution in [0.25, 0.3) is 0 Å². The van der Waals surface area contributed by atoms with Gasteiger partial charge in [0.05, 0.1) is 6.04 Å². The molecule has 0 spiro atoms. The van der Waals surface area contributed by atoms with E-state index in [2.05, 4.69) is 5.32 Å². The van der Waals surface area contributed by atoms with Gasteiger partial charge in [-0.2, -0.15) is 0 Å². The Hall–Kier alpha value is -1.10. The van der Waals surface area contributed by atoms with E-state index in [1.54, 1.807) is 13.8 Å². The Morgan fingerprint density at radius 3 is 2.20 bits per heavy atom. The summed E-state index contributed by atoms with van der Waals surface area (Å²) in [6.45, 7) is 5.45. The second-order valence-corrected chi connectivity index (χ2v) is 3.72. The lowest BCUT2D eigenvalue weighted by atomic mass is 9.99. The summed E-state index contributed by atoms with van der Waals surface area (Å²) in [4.78, 5) is 22.3. The zero-order valence-electron chi connectivity index (χ0n) is 9.49.